The van der Waals surface area contributed by atoms with Gasteiger partial charge in [-0.25, -0.2) is 13.8 Å². The van der Waals surface area contributed by atoms with Crippen LogP contribution < -0.4 is 4.57 Å². The monoisotopic (exact) mass is 449 g/mol. The lowest BCUT2D eigenvalue weighted by Crippen LogP contribution is -2.34. The fraction of sp³-hybridized carbons (Fsp3) is 0.200. The van der Waals surface area contributed by atoms with E-state index in [4.69, 9.17) is 11.0 Å². The van der Waals surface area contributed by atoms with Gasteiger partial charge in [0.15, 0.2) is 11.9 Å². The molecule has 0 fully saturated rings. The van der Waals surface area contributed by atoms with Crippen molar-refractivity contribution in [2.45, 2.75) is 33.1 Å². The molecule has 0 aliphatic heterocycles. The minimum Gasteiger partial charge on any atom is -0.456 e. The molecule has 0 N–H and O–H groups in total. The topological polar surface area (TPSA) is 21.4 Å². The fourth-order valence-electron chi connectivity index (χ4n) is 4.73. The van der Waals surface area contributed by atoms with Gasteiger partial charge >= 0.3 is 0 Å². The number of pyridine rings is 1. The van der Waals surface area contributed by atoms with Gasteiger partial charge in [0.05, 0.1) is 17.7 Å². The van der Waals surface area contributed by atoms with Crippen LogP contribution in [0.4, 0.5) is 10.1 Å². The van der Waals surface area contributed by atoms with E-state index in [1.165, 1.54) is 0 Å². The van der Waals surface area contributed by atoms with Crippen LogP contribution in [0.1, 0.15) is 31.9 Å². The normalized spacial score (nSPS) is 11.8. The molecule has 0 atom stereocenters. The van der Waals surface area contributed by atoms with Crippen LogP contribution in [0.5, 0.6) is 0 Å². The molecule has 3 aromatic carbocycles. The molecule has 0 saturated heterocycles. The number of furan rings is 1. The summed E-state index contributed by atoms with van der Waals surface area (Å²) in [6, 6.07) is 19.5. The quantitative estimate of drug-likeness (QED) is 0.197. The molecule has 0 amide bonds. The SMILES string of the molecule is [C-]#[N+]c1ccc2c(c1)oc1c(-c3cc(F)c(C(C)(C)C)c[n+]3C)c(C)cc(-c3ccccc3)c12. The summed E-state index contributed by atoms with van der Waals surface area (Å²) in [5.74, 6) is -0.230. The number of halogens is 1. The number of rotatable bonds is 2. The molecular formula is C30H26FN2O+. The van der Waals surface area contributed by atoms with Crippen LogP contribution in [0.25, 0.3) is 49.2 Å². The largest absolute Gasteiger partial charge is 0.456 e. The van der Waals surface area contributed by atoms with Gasteiger partial charge in [-0.2, -0.15) is 0 Å². The minimum atomic E-state index is -0.308. The van der Waals surface area contributed by atoms with Crippen LogP contribution in [-0.4, -0.2) is 0 Å². The van der Waals surface area contributed by atoms with Gasteiger partial charge in [0.1, 0.15) is 24.0 Å². The zero-order valence-electron chi connectivity index (χ0n) is 20.0. The van der Waals surface area contributed by atoms with Crippen LogP contribution in [0, 0.1) is 19.3 Å². The number of aromatic nitrogens is 1. The number of fused-ring (bicyclic) bond motifs is 3. The molecule has 34 heavy (non-hydrogen) atoms. The Hall–Kier alpha value is -3.97. The number of hydrogen-bond acceptors (Lipinski definition) is 1. The molecular weight excluding hydrogens is 423 g/mol. The smallest absolute Gasteiger partial charge is 0.219 e. The maximum absolute atomic E-state index is 15.3. The lowest BCUT2D eigenvalue weighted by atomic mass is 9.87. The van der Waals surface area contributed by atoms with Crippen molar-refractivity contribution >= 4 is 27.6 Å². The Labute approximate surface area is 198 Å². The van der Waals surface area contributed by atoms with Crippen LogP contribution in [0.15, 0.2) is 71.3 Å². The van der Waals surface area contributed by atoms with Crippen LogP contribution in [0.2, 0.25) is 0 Å². The lowest BCUT2D eigenvalue weighted by Gasteiger charge is -2.19. The number of benzene rings is 3. The summed E-state index contributed by atoms with van der Waals surface area (Å²) in [5.41, 5.74) is 6.98. The van der Waals surface area contributed by atoms with Crippen molar-refractivity contribution in [1.29, 1.82) is 0 Å². The first kappa shape index (κ1) is 21.9. The second-order valence-corrected chi connectivity index (χ2v) is 9.86. The molecule has 5 rings (SSSR count). The van der Waals surface area contributed by atoms with E-state index < -0.39 is 0 Å². The predicted molar refractivity (Wildman–Crippen MR) is 135 cm³/mol. The summed E-state index contributed by atoms with van der Waals surface area (Å²) in [7, 11) is 1.94. The molecule has 0 spiro atoms. The summed E-state index contributed by atoms with van der Waals surface area (Å²) in [6.45, 7) is 15.5. The summed E-state index contributed by atoms with van der Waals surface area (Å²) in [5, 5.41) is 1.91. The average molecular weight is 450 g/mol. The molecule has 4 heteroatoms. The highest BCUT2D eigenvalue weighted by Crippen LogP contribution is 2.44. The molecule has 0 bridgehead atoms. The van der Waals surface area contributed by atoms with E-state index in [1.54, 1.807) is 12.1 Å². The Morgan fingerprint density at radius 3 is 2.41 bits per heavy atom. The lowest BCUT2D eigenvalue weighted by molar-refractivity contribution is -0.661. The van der Waals surface area contributed by atoms with Crippen LogP contribution in [0.3, 0.4) is 0 Å². The van der Waals surface area contributed by atoms with E-state index in [9.17, 15) is 0 Å². The van der Waals surface area contributed by atoms with E-state index in [0.29, 0.717) is 22.4 Å². The van der Waals surface area contributed by atoms with Crippen molar-refractivity contribution in [3.63, 3.8) is 0 Å². The summed E-state index contributed by atoms with van der Waals surface area (Å²) < 4.78 is 23.7. The Morgan fingerprint density at radius 2 is 1.74 bits per heavy atom. The third-order valence-electron chi connectivity index (χ3n) is 6.43. The molecule has 168 valence electrons. The van der Waals surface area contributed by atoms with Gasteiger partial charge in [-0.05, 0) is 41.2 Å². The zero-order valence-corrected chi connectivity index (χ0v) is 20.0. The van der Waals surface area contributed by atoms with Gasteiger partial charge in [0.2, 0.25) is 5.69 Å². The second-order valence-electron chi connectivity index (χ2n) is 9.86. The molecule has 3 nitrogen and oxygen atoms in total. The highest BCUT2D eigenvalue weighted by atomic mass is 19.1. The molecule has 2 heterocycles. The Bertz CT molecular complexity index is 1620. The Kier molecular flexibility index (Phi) is 5.02. The molecule has 2 aromatic heterocycles. The summed E-state index contributed by atoms with van der Waals surface area (Å²) in [6.07, 6.45) is 1.88. The van der Waals surface area contributed by atoms with Crippen molar-refractivity contribution < 1.29 is 13.4 Å². The zero-order chi connectivity index (χ0) is 24.2. The van der Waals surface area contributed by atoms with Gasteiger partial charge in [-0.3, -0.25) is 0 Å². The average Bonchev–Trinajstić information content (AvgIpc) is 3.18. The van der Waals surface area contributed by atoms with Crippen molar-refractivity contribution in [3.8, 4) is 22.4 Å². The number of nitrogens with zero attached hydrogens (tertiary/aromatic N) is 2. The van der Waals surface area contributed by atoms with Gasteiger partial charge in [0.25, 0.3) is 0 Å². The standard InChI is InChI=1S/C30H26FN2O/c1-18-14-22(19-10-8-7-9-11-19)28-21-13-12-20(32-5)15-26(21)34-29(28)27(18)25-16-24(31)23(17-33(25)6)30(2,3)4/h7-17H,1-4,6H3/q+1. The summed E-state index contributed by atoms with van der Waals surface area (Å²) in [4.78, 5) is 3.56. The van der Waals surface area contributed by atoms with Crippen molar-refractivity contribution in [1.82, 2.24) is 0 Å². The fourth-order valence-corrected chi connectivity index (χ4v) is 4.73. The van der Waals surface area contributed by atoms with Gasteiger partial charge in [0, 0.05) is 16.8 Å². The Balaban J connectivity index is 1.91. The molecule has 0 radical (unpaired) electrons. The number of hydrogen-bond donors (Lipinski definition) is 0. The number of aryl methyl sites for hydroxylation is 2. The maximum atomic E-state index is 15.3. The third kappa shape index (κ3) is 3.45. The maximum Gasteiger partial charge on any atom is 0.219 e. The summed E-state index contributed by atoms with van der Waals surface area (Å²) >= 11 is 0. The van der Waals surface area contributed by atoms with E-state index in [0.717, 1.165) is 38.7 Å². The van der Waals surface area contributed by atoms with Crippen molar-refractivity contribution in [2.75, 3.05) is 0 Å². The van der Waals surface area contributed by atoms with Gasteiger partial charge in [-0.15, -0.1) is 0 Å². The Morgan fingerprint density at radius 1 is 1.00 bits per heavy atom. The van der Waals surface area contributed by atoms with Crippen LogP contribution >= 0.6 is 0 Å². The first-order chi connectivity index (χ1) is 16.2. The minimum absolute atomic E-state index is 0.230. The molecule has 0 aliphatic carbocycles. The second kappa shape index (κ2) is 7.81. The molecule has 5 aromatic rings. The molecule has 0 saturated carbocycles. The molecule has 0 aliphatic rings. The van der Waals surface area contributed by atoms with E-state index in [1.807, 2.05) is 75.8 Å². The van der Waals surface area contributed by atoms with E-state index in [2.05, 4.69) is 23.0 Å². The van der Waals surface area contributed by atoms with E-state index in [-0.39, 0.29) is 11.2 Å². The van der Waals surface area contributed by atoms with Gasteiger partial charge < -0.3 is 4.42 Å². The first-order valence-corrected chi connectivity index (χ1v) is 11.3. The van der Waals surface area contributed by atoms with E-state index >= 15 is 4.39 Å². The highest BCUT2D eigenvalue weighted by molar-refractivity contribution is 6.17. The predicted octanol–water partition coefficient (Wildman–Crippen LogP) is 8.04. The third-order valence-corrected chi connectivity index (χ3v) is 6.43. The molecule has 0 unspecified atom stereocenters. The van der Waals surface area contributed by atoms with Crippen LogP contribution in [-0.2, 0) is 12.5 Å². The van der Waals surface area contributed by atoms with Gasteiger partial charge in [-0.1, -0.05) is 63.2 Å². The van der Waals surface area contributed by atoms with Crippen molar-refractivity contribution in [2.24, 2.45) is 7.05 Å². The first-order valence-electron chi connectivity index (χ1n) is 11.3. The van der Waals surface area contributed by atoms with Crippen molar-refractivity contribution in [3.05, 3.63) is 95.2 Å². The highest BCUT2D eigenvalue weighted by Gasteiger charge is 2.28.